The number of rotatable bonds is 6. The van der Waals surface area contributed by atoms with Crippen LogP contribution in [0.15, 0.2) is 12.8 Å². The van der Waals surface area contributed by atoms with Crippen molar-refractivity contribution in [2.45, 2.75) is 24.2 Å². The summed E-state index contributed by atoms with van der Waals surface area (Å²) in [6.07, 6.45) is -14.4. The van der Waals surface area contributed by atoms with E-state index in [9.17, 15) is 57.1 Å². The van der Waals surface area contributed by atoms with Gasteiger partial charge in [0.05, 0.1) is 6.26 Å². The van der Waals surface area contributed by atoms with Crippen molar-refractivity contribution in [1.29, 1.82) is 0 Å². The summed E-state index contributed by atoms with van der Waals surface area (Å²) in [6.45, 7) is 2.43. The molecule has 1 aromatic rings. The SMILES string of the molecule is C=COC(F)(OC(F)(F)C(F)(F)C(F)(F)F)c1c(F)c(F)c(F)c(F)c1F. The Morgan fingerprint density at radius 2 is 1.04 bits per heavy atom. The predicted octanol–water partition coefficient (Wildman–Crippen LogP) is 5.43. The molecule has 15 heteroatoms. The topological polar surface area (TPSA) is 18.5 Å². The molecule has 0 amide bonds. The lowest BCUT2D eigenvalue weighted by molar-refractivity contribution is -0.490. The molecule has 0 aliphatic heterocycles. The molecule has 1 unspecified atom stereocenters. The monoisotopic (exact) mass is 426 g/mol. The Hall–Kier alpha value is -2.19. The zero-order valence-corrected chi connectivity index (χ0v) is 12.0. The van der Waals surface area contributed by atoms with Crippen LogP contribution in [0.25, 0.3) is 0 Å². The van der Waals surface area contributed by atoms with Crippen LogP contribution in [0.4, 0.5) is 57.1 Å². The van der Waals surface area contributed by atoms with Crippen molar-refractivity contribution < 1.29 is 66.5 Å². The van der Waals surface area contributed by atoms with E-state index in [4.69, 9.17) is 0 Å². The van der Waals surface area contributed by atoms with Crippen molar-refractivity contribution in [1.82, 2.24) is 0 Å². The van der Waals surface area contributed by atoms with Crippen molar-refractivity contribution in [3.05, 3.63) is 47.5 Å². The van der Waals surface area contributed by atoms with Gasteiger partial charge in [-0.3, -0.25) is 0 Å². The highest BCUT2D eigenvalue weighted by molar-refractivity contribution is 5.27. The molecule has 0 N–H and O–H groups in total. The van der Waals surface area contributed by atoms with E-state index in [2.05, 4.69) is 16.1 Å². The molecule has 1 aromatic carbocycles. The minimum atomic E-state index is -7.17. The fraction of sp³-hybridized carbons (Fsp3) is 0.333. The summed E-state index contributed by atoms with van der Waals surface area (Å²) in [5, 5.41) is 0. The highest BCUT2D eigenvalue weighted by Crippen LogP contribution is 2.51. The zero-order valence-electron chi connectivity index (χ0n) is 12.0. The molecule has 0 saturated carbocycles. The van der Waals surface area contributed by atoms with Gasteiger partial charge in [-0.25, -0.2) is 26.7 Å². The molecule has 0 bridgehead atoms. The maximum atomic E-state index is 14.3. The van der Waals surface area contributed by atoms with Crippen LogP contribution in [0.5, 0.6) is 0 Å². The number of halogens is 13. The fourth-order valence-electron chi connectivity index (χ4n) is 1.50. The Bertz CT molecular complexity index is 713. The summed E-state index contributed by atoms with van der Waals surface area (Å²) in [7, 11) is 0. The molecule has 1 atom stereocenters. The van der Waals surface area contributed by atoms with E-state index in [1.165, 1.54) is 0 Å². The number of hydrogen-bond acceptors (Lipinski definition) is 2. The molecule has 0 radical (unpaired) electrons. The minimum absolute atomic E-state index is 0.403. The third kappa shape index (κ3) is 3.64. The zero-order chi connectivity index (χ0) is 21.6. The number of alkyl halides is 8. The molecule has 0 fully saturated rings. The lowest BCUT2D eigenvalue weighted by Crippen LogP contribution is -2.56. The predicted molar refractivity (Wildman–Crippen MR) is 57.3 cm³/mol. The van der Waals surface area contributed by atoms with Gasteiger partial charge in [0, 0.05) is 0 Å². The average Bonchev–Trinajstić information content (AvgIpc) is 2.49. The second kappa shape index (κ2) is 6.76. The van der Waals surface area contributed by atoms with Crippen molar-refractivity contribution in [2.75, 3.05) is 0 Å². The van der Waals surface area contributed by atoms with Gasteiger partial charge < -0.3 is 4.74 Å². The summed E-state index contributed by atoms with van der Waals surface area (Å²) in [6, 6.07) is -5.54. The summed E-state index contributed by atoms with van der Waals surface area (Å²) in [5.41, 5.74) is -3.06. The van der Waals surface area contributed by atoms with Crippen molar-refractivity contribution in [3.63, 3.8) is 0 Å². The molecular weight excluding hydrogens is 423 g/mol. The molecule has 0 heterocycles. The van der Waals surface area contributed by atoms with Crippen LogP contribution in [0.3, 0.4) is 0 Å². The van der Waals surface area contributed by atoms with Gasteiger partial charge >= 0.3 is 24.2 Å². The average molecular weight is 426 g/mol. The van der Waals surface area contributed by atoms with E-state index < -0.39 is 65.2 Å². The first-order valence-electron chi connectivity index (χ1n) is 5.96. The van der Waals surface area contributed by atoms with Gasteiger partial charge in [-0.1, -0.05) is 6.58 Å². The number of ether oxygens (including phenoxy) is 2. The molecule has 154 valence electrons. The van der Waals surface area contributed by atoms with E-state index in [0.29, 0.717) is 0 Å². The summed E-state index contributed by atoms with van der Waals surface area (Å²) >= 11 is 0. The Morgan fingerprint density at radius 1 is 0.667 bits per heavy atom. The molecule has 0 aliphatic carbocycles. The standard InChI is InChI=1S/C12H3F13O2/c1-2-26-9(18,27-12(24,25)10(19,20)11(21,22)23)3-4(13)6(15)8(17)7(16)5(3)14/h2H,1H2. The first kappa shape index (κ1) is 22.9. The van der Waals surface area contributed by atoms with Crippen molar-refractivity contribution in [2.24, 2.45) is 0 Å². The highest BCUT2D eigenvalue weighted by Gasteiger charge is 2.77. The van der Waals surface area contributed by atoms with E-state index in [-0.39, 0.29) is 0 Å². The van der Waals surface area contributed by atoms with Gasteiger partial charge in [-0.05, 0) is 0 Å². The third-order valence-electron chi connectivity index (χ3n) is 2.72. The summed E-state index contributed by atoms with van der Waals surface area (Å²) < 4.78 is 174. The largest absolute Gasteiger partial charge is 0.462 e. The third-order valence-corrected chi connectivity index (χ3v) is 2.72. The van der Waals surface area contributed by atoms with Gasteiger partial charge in [-0.2, -0.15) is 35.1 Å². The van der Waals surface area contributed by atoms with Crippen LogP contribution in [-0.4, -0.2) is 18.2 Å². The molecule has 0 aromatic heterocycles. The van der Waals surface area contributed by atoms with Crippen LogP contribution in [0.1, 0.15) is 5.56 Å². The van der Waals surface area contributed by atoms with E-state index in [0.717, 1.165) is 0 Å². The molecule has 0 spiro atoms. The maximum absolute atomic E-state index is 14.3. The second-order valence-corrected chi connectivity index (χ2v) is 4.46. The van der Waals surface area contributed by atoms with Crippen molar-refractivity contribution >= 4 is 0 Å². The highest BCUT2D eigenvalue weighted by atomic mass is 19.4. The Morgan fingerprint density at radius 3 is 1.37 bits per heavy atom. The lowest BCUT2D eigenvalue weighted by Gasteiger charge is -2.33. The molecular formula is C12H3F13O2. The Labute approximate surface area is 139 Å². The number of benzene rings is 1. The van der Waals surface area contributed by atoms with Gasteiger partial charge in [0.15, 0.2) is 23.3 Å². The van der Waals surface area contributed by atoms with Gasteiger partial charge in [-0.15, -0.1) is 0 Å². The maximum Gasteiger partial charge on any atom is 0.462 e. The lowest BCUT2D eigenvalue weighted by atomic mass is 10.1. The normalized spacial score (nSPS) is 15.4. The molecule has 27 heavy (non-hydrogen) atoms. The van der Waals surface area contributed by atoms with Gasteiger partial charge in [0.1, 0.15) is 5.56 Å². The van der Waals surface area contributed by atoms with Crippen LogP contribution >= 0.6 is 0 Å². The number of hydrogen-bond donors (Lipinski definition) is 0. The van der Waals surface area contributed by atoms with E-state index in [1.807, 2.05) is 0 Å². The van der Waals surface area contributed by atoms with Crippen molar-refractivity contribution in [3.8, 4) is 0 Å². The quantitative estimate of drug-likeness (QED) is 0.199. The second-order valence-electron chi connectivity index (χ2n) is 4.46. The van der Waals surface area contributed by atoms with Gasteiger partial charge in [0.25, 0.3) is 0 Å². The van der Waals surface area contributed by atoms with E-state index in [1.54, 1.807) is 0 Å². The molecule has 0 saturated heterocycles. The van der Waals surface area contributed by atoms with Crippen LogP contribution < -0.4 is 0 Å². The first-order valence-corrected chi connectivity index (χ1v) is 5.96. The Kier molecular flexibility index (Phi) is 5.72. The molecule has 1 rings (SSSR count). The Balaban J connectivity index is 3.69. The minimum Gasteiger partial charge on any atom is -0.440 e. The molecule has 0 aliphatic rings. The fourth-order valence-corrected chi connectivity index (χ4v) is 1.50. The van der Waals surface area contributed by atoms with Crippen LogP contribution in [0.2, 0.25) is 0 Å². The van der Waals surface area contributed by atoms with E-state index >= 15 is 0 Å². The molecule has 2 nitrogen and oxygen atoms in total. The smallest absolute Gasteiger partial charge is 0.440 e. The van der Waals surface area contributed by atoms with Crippen LogP contribution in [0, 0.1) is 29.1 Å². The summed E-state index contributed by atoms with van der Waals surface area (Å²) in [4.78, 5) is 0. The summed E-state index contributed by atoms with van der Waals surface area (Å²) in [5.74, 6) is -22.5. The van der Waals surface area contributed by atoms with Crippen LogP contribution in [-0.2, 0) is 15.5 Å². The first-order chi connectivity index (χ1) is 11.9. The van der Waals surface area contributed by atoms with Gasteiger partial charge in [0.2, 0.25) is 5.82 Å².